The largest absolute Gasteiger partial charge is 0.325 e. The Morgan fingerprint density at radius 1 is 1.22 bits per heavy atom. The van der Waals surface area contributed by atoms with Crippen LogP contribution in [0.2, 0.25) is 0 Å². The lowest BCUT2D eigenvalue weighted by molar-refractivity contribution is 0.682. The second kappa shape index (κ2) is 6.22. The van der Waals surface area contributed by atoms with Crippen LogP contribution in [-0.2, 0) is 23.1 Å². The predicted molar refractivity (Wildman–Crippen MR) is 76.4 cm³/mol. The third kappa shape index (κ3) is 3.48. The molecule has 0 bridgehead atoms. The topological polar surface area (TPSA) is 56.0 Å². The molecule has 0 spiro atoms. The second-order valence-corrected chi connectivity index (χ2v) is 6.17. The van der Waals surface area contributed by atoms with E-state index in [4.69, 9.17) is 5.73 Å². The molecule has 0 radical (unpaired) electrons. The summed E-state index contributed by atoms with van der Waals surface area (Å²) in [6, 6.07) is 11.3. The highest BCUT2D eigenvalue weighted by atomic mass is 79.9. The van der Waals surface area contributed by atoms with E-state index in [9.17, 15) is 4.21 Å². The van der Waals surface area contributed by atoms with Crippen LogP contribution in [-0.4, -0.2) is 9.19 Å². The normalized spacial score (nSPS) is 12.3. The van der Waals surface area contributed by atoms with Crippen LogP contribution in [0.25, 0.3) is 0 Å². The van der Waals surface area contributed by atoms with Crippen molar-refractivity contribution >= 4 is 26.7 Å². The van der Waals surface area contributed by atoms with Gasteiger partial charge in [-0.3, -0.25) is 9.19 Å². The average molecular weight is 325 g/mol. The van der Waals surface area contributed by atoms with Crippen LogP contribution in [0.15, 0.2) is 52.0 Å². The van der Waals surface area contributed by atoms with Crippen LogP contribution in [0.3, 0.4) is 0 Å². The molecule has 1 aromatic carbocycles. The van der Waals surface area contributed by atoms with E-state index < -0.39 is 10.8 Å². The fourth-order valence-corrected chi connectivity index (χ4v) is 2.90. The smallest absolute Gasteiger partial charge is 0.0574 e. The molecule has 0 amide bonds. The van der Waals surface area contributed by atoms with Crippen LogP contribution in [0.5, 0.6) is 0 Å². The van der Waals surface area contributed by atoms with Crippen LogP contribution < -0.4 is 5.73 Å². The van der Waals surface area contributed by atoms with Gasteiger partial charge in [-0.1, -0.05) is 15.9 Å². The Balaban J connectivity index is 2.13. The van der Waals surface area contributed by atoms with Gasteiger partial charge >= 0.3 is 0 Å². The Hall–Kier alpha value is -1.04. The van der Waals surface area contributed by atoms with Gasteiger partial charge in [0.2, 0.25) is 0 Å². The van der Waals surface area contributed by atoms with Gasteiger partial charge < -0.3 is 5.73 Å². The minimum absolute atomic E-state index is 0.402. The van der Waals surface area contributed by atoms with E-state index in [1.165, 1.54) is 0 Å². The quantitative estimate of drug-likeness (QED) is 0.940. The second-order valence-electron chi connectivity index (χ2n) is 3.80. The van der Waals surface area contributed by atoms with Gasteiger partial charge in [0.1, 0.15) is 0 Å². The number of aromatic nitrogens is 1. The van der Waals surface area contributed by atoms with Gasteiger partial charge in [0.25, 0.3) is 0 Å². The maximum Gasteiger partial charge on any atom is 0.0574 e. The molecule has 18 heavy (non-hydrogen) atoms. The molecule has 0 saturated carbocycles. The van der Waals surface area contributed by atoms with E-state index in [1.807, 2.05) is 36.4 Å². The van der Waals surface area contributed by atoms with Crippen LogP contribution in [0.4, 0.5) is 0 Å². The molecule has 1 atom stereocenters. The first kappa shape index (κ1) is 13.4. The molecule has 0 fully saturated rings. The third-order valence-corrected chi connectivity index (χ3v) is 4.39. The standard InChI is InChI=1S/C13H13BrN2OS/c14-11-1-3-13(4-2-11)18(17)9-10-5-6-16-12(7-10)8-15/h1-7H,8-9,15H2. The summed E-state index contributed by atoms with van der Waals surface area (Å²) in [5.41, 5.74) is 7.35. The number of halogens is 1. The number of nitrogens with zero attached hydrogens (tertiary/aromatic N) is 1. The monoisotopic (exact) mass is 324 g/mol. The molecule has 0 aliphatic heterocycles. The van der Waals surface area contributed by atoms with Crippen molar-refractivity contribution in [2.45, 2.75) is 17.2 Å². The predicted octanol–water partition coefficient (Wildman–Crippen LogP) is 2.61. The van der Waals surface area contributed by atoms with E-state index in [0.29, 0.717) is 12.3 Å². The van der Waals surface area contributed by atoms with E-state index >= 15 is 0 Å². The fraction of sp³-hybridized carbons (Fsp3) is 0.154. The van der Waals surface area contributed by atoms with E-state index in [0.717, 1.165) is 20.6 Å². The van der Waals surface area contributed by atoms with Crippen LogP contribution in [0.1, 0.15) is 11.3 Å². The van der Waals surface area contributed by atoms with Gasteiger partial charge in [0, 0.05) is 22.1 Å². The molecule has 1 unspecified atom stereocenters. The Kier molecular flexibility index (Phi) is 4.63. The summed E-state index contributed by atoms with van der Waals surface area (Å²) in [5.74, 6) is 0.483. The van der Waals surface area contributed by atoms with Gasteiger partial charge in [-0.25, -0.2) is 0 Å². The number of hydrogen-bond acceptors (Lipinski definition) is 3. The molecule has 2 rings (SSSR count). The minimum atomic E-state index is -1.04. The Morgan fingerprint density at radius 3 is 2.61 bits per heavy atom. The average Bonchev–Trinajstić information content (AvgIpc) is 2.39. The Labute approximate surface area is 117 Å². The highest BCUT2D eigenvalue weighted by Gasteiger charge is 2.05. The molecule has 2 aromatic rings. The number of hydrogen-bond donors (Lipinski definition) is 1. The van der Waals surface area contributed by atoms with Crippen molar-refractivity contribution in [1.82, 2.24) is 4.98 Å². The maximum atomic E-state index is 12.2. The fourth-order valence-electron chi connectivity index (χ4n) is 1.55. The third-order valence-electron chi connectivity index (χ3n) is 2.46. The zero-order valence-electron chi connectivity index (χ0n) is 9.67. The van der Waals surface area contributed by atoms with E-state index in [1.54, 1.807) is 6.20 Å². The van der Waals surface area contributed by atoms with E-state index in [-0.39, 0.29) is 0 Å². The molecule has 2 N–H and O–H groups in total. The van der Waals surface area contributed by atoms with Gasteiger partial charge in [-0.15, -0.1) is 0 Å². The lowest BCUT2D eigenvalue weighted by Gasteiger charge is -2.04. The number of rotatable bonds is 4. The lowest BCUT2D eigenvalue weighted by Crippen LogP contribution is -2.02. The van der Waals surface area contributed by atoms with Crippen molar-refractivity contribution in [2.24, 2.45) is 5.73 Å². The molecular formula is C13H13BrN2OS. The van der Waals surface area contributed by atoms with Crippen LogP contribution in [0, 0.1) is 0 Å². The first-order valence-corrected chi connectivity index (χ1v) is 7.58. The summed E-state index contributed by atoms with van der Waals surface area (Å²) in [7, 11) is -1.04. The summed E-state index contributed by atoms with van der Waals surface area (Å²) in [6.45, 7) is 0.402. The van der Waals surface area contributed by atoms with Gasteiger partial charge in [0.05, 0.1) is 22.2 Å². The van der Waals surface area contributed by atoms with Crippen molar-refractivity contribution in [1.29, 1.82) is 0 Å². The number of nitrogens with two attached hydrogens (primary N) is 1. The number of benzene rings is 1. The van der Waals surface area contributed by atoms with Crippen molar-refractivity contribution in [3.05, 3.63) is 58.3 Å². The summed E-state index contributed by atoms with van der Waals surface area (Å²) < 4.78 is 13.2. The van der Waals surface area contributed by atoms with Gasteiger partial charge in [0.15, 0.2) is 0 Å². The van der Waals surface area contributed by atoms with Gasteiger partial charge in [-0.05, 0) is 42.0 Å². The summed E-state index contributed by atoms with van der Waals surface area (Å²) >= 11 is 3.36. The van der Waals surface area contributed by atoms with Crippen LogP contribution >= 0.6 is 15.9 Å². The van der Waals surface area contributed by atoms with Gasteiger partial charge in [-0.2, -0.15) is 0 Å². The molecule has 3 nitrogen and oxygen atoms in total. The highest BCUT2D eigenvalue weighted by molar-refractivity contribution is 9.10. The molecule has 0 aliphatic carbocycles. The maximum absolute atomic E-state index is 12.2. The SMILES string of the molecule is NCc1cc(CS(=O)c2ccc(Br)cc2)ccn1. The van der Waals surface area contributed by atoms with Crippen molar-refractivity contribution in [2.75, 3.05) is 0 Å². The summed E-state index contributed by atoms with van der Waals surface area (Å²) in [5, 5.41) is 0. The van der Waals surface area contributed by atoms with Crippen molar-refractivity contribution in [3.8, 4) is 0 Å². The first-order valence-electron chi connectivity index (χ1n) is 5.47. The highest BCUT2D eigenvalue weighted by Crippen LogP contribution is 2.16. The molecular weight excluding hydrogens is 312 g/mol. The molecule has 0 saturated heterocycles. The Bertz CT molecular complexity index is 557. The molecule has 5 heteroatoms. The molecule has 94 valence electrons. The summed E-state index contributed by atoms with van der Waals surface area (Å²) in [6.07, 6.45) is 1.70. The zero-order chi connectivity index (χ0) is 13.0. The lowest BCUT2D eigenvalue weighted by atomic mass is 10.2. The zero-order valence-corrected chi connectivity index (χ0v) is 12.1. The number of pyridine rings is 1. The van der Waals surface area contributed by atoms with Crippen molar-refractivity contribution < 1.29 is 4.21 Å². The first-order chi connectivity index (χ1) is 8.69. The van der Waals surface area contributed by atoms with Crippen molar-refractivity contribution in [3.63, 3.8) is 0 Å². The van der Waals surface area contributed by atoms with E-state index in [2.05, 4.69) is 20.9 Å². The molecule has 1 heterocycles. The summed E-state index contributed by atoms with van der Waals surface area (Å²) in [4.78, 5) is 4.94. The Morgan fingerprint density at radius 2 is 1.94 bits per heavy atom. The minimum Gasteiger partial charge on any atom is -0.325 e. The molecule has 0 aliphatic rings. The molecule has 1 aromatic heterocycles.